The first-order valence-corrected chi connectivity index (χ1v) is 12.8. The number of ether oxygens (including phenoxy) is 1. The van der Waals surface area contributed by atoms with Crippen LogP contribution in [0.15, 0.2) is 55.1 Å². The zero-order valence-corrected chi connectivity index (χ0v) is 20.7. The standard InChI is InChI=1S/C23H29N6O5P/c1-15(2)19(23(30)32-3)28-35(31,34-18-7-5-4-6-8-18)33-12-16-9-10-17(11-16)29-14-27-20-21(24)25-13-26-22(20)29/h4-10,13-17,19H,11-12H2,1-3H3,(H,28,31)(H2,24,25,26)/t16-,17+,19-,35?/m0/s1. The van der Waals surface area contributed by atoms with Crippen molar-refractivity contribution in [1.29, 1.82) is 0 Å². The van der Waals surface area contributed by atoms with Gasteiger partial charge in [-0.15, -0.1) is 0 Å². The topological polar surface area (TPSA) is 143 Å². The predicted molar refractivity (Wildman–Crippen MR) is 130 cm³/mol. The molecule has 2 heterocycles. The van der Waals surface area contributed by atoms with Crippen molar-refractivity contribution in [2.24, 2.45) is 11.8 Å². The van der Waals surface area contributed by atoms with Gasteiger partial charge in [-0.3, -0.25) is 9.32 Å². The highest BCUT2D eigenvalue weighted by molar-refractivity contribution is 7.52. The highest BCUT2D eigenvalue weighted by Gasteiger charge is 2.37. The third-order valence-corrected chi connectivity index (χ3v) is 7.27. The van der Waals surface area contributed by atoms with Gasteiger partial charge in [0.1, 0.15) is 23.6 Å². The van der Waals surface area contributed by atoms with E-state index < -0.39 is 19.8 Å². The average molecular weight is 500 g/mol. The molecule has 0 amide bonds. The van der Waals surface area contributed by atoms with Gasteiger partial charge < -0.3 is 19.6 Å². The number of nitrogen functional groups attached to an aromatic ring is 1. The molecule has 0 aliphatic heterocycles. The van der Waals surface area contributed by atoms with E-state index in [1.807, 2.05) is 36.6 Å². The molecule has 35 heavy (non-hydrogen) atoms. The van der Waals surface area contributed by atoms with Gasteiger partial charge in [-0.25, -0.2) is 19.5 Å². The van der Waals surface area contributed by atoms with Gasteiger partial charge >= 0.3 is 13.7 Å². The number of fused-ring (bicyclic) bond motifs is 1. The number of nitrogens with one attached hydrogen (secondary N) is 1. The van der Waals surface area contributed by atoms with Crippen LogP contribution in [0, 0.1) is 11.8 Å². The minimum Gasteiger partial charge on any atom is -0.468 e. The summed E-state index contributed by atoms with van der Waals surface area (Å²) in [7, 11) is -2.65. The number of allylic oxidation sites excluding steroid dienone is 1. The second-order valence-corrected chi connectivity index (χ2v) is 10.3. The number of rotatable bonds is 10. The van der Waals surface area contributed by atoms with Crippen LogP contribution in [0.5, 0.6) is 5.75 Å². The molecule has 0 saturated heterocycles. The minimum absolute atomic E-state index is 0.0243. The molecule has 4 atom stereocenters. The Hall–Kier alpha value is -3.27. The normalized spacial score (nSPS) is 20.1. The number of nitrogens with two attached hydrogens (primary N) is 1. The first kappa shape index (κ1) is 24.8. The summed E-state index contributed by atoms with van der Waals surface area (Å²) in [6, 6.07) is 7.78. The van der Waals surface area contributed by atoms with Gasteiger partial charge in [0.2, 0.25) is 0 Å². The number of carbonyl (C=O) groups is 1. The predicted octanol–water partition coefficient (Wildman–Crippen LogP) is 3.52. The summed E-state index contributed by atoms with van der Waals surface area (Å²) in [6.45, 7) is 3.74. The molecule has 1 aromatic carbocycles. The van der Waals surface area contributed by atoms with Gasteiger partial charge in [0, 0.05) is 5.92 Å². The molecular formula is C23H29N6O5P. The van der Waals surface area contributed by atoms with E-state index in [2.05, 4.69) is 20.0 Å². The van der Waals surface area contributed by atoms with E-state index in [0.717, 1.165) is 0 Å². The molecule has 1 aliphatic rings. The first-order valence-electron chi connectivity index (χ1n) is 11.3. The van der Waals surface area contributed by atoms with Crippen LogP contribution in [0.4, 0.5) is 5.82 Å². The van der Waals surface area contributed by atoms with Crippen molar-refractivity contribution in [2.45, 2.75) is 32.4 Å². The fourth-order valence-electron chi connectivity index (χ4n) is 3.87. The number of imidazole rings is 1. The van der Waals surface area contributed by atoms with E-state index in [1.54, 1.807) is 30.6 Å². The summed E-state index contributed by atoms with van der Waals surface area (Å²) in [5, 5.41) is 2.79. The largest absolute Gasteiger partial charge is 0.468 e. The van der Waals surface area contributed by atoms with Crippen molar-refractivity contribution in [3.8, 4) is 5.75 Å². The Bertz CT molecular complexity index is 1250. The Morgan fingerprint density at radius 2 is 2.00 bits per heavy atom. The number of carbonyl (C=O) groups excluding carboxylic acids is 1. The summed E-state index contributed by atoms with van der Waals surface area (Å²) >= 11 is 0. The van der Waals surface area contributed by atoms with E-state index in [4.69, 9.17) is 19.5 Å². The summed E-state index contributed by atoms with van der Waals surface area (Å²) < 4.78 is 32.2. The van der Waals surface area contributed by atoms with E-state index >= 15 is 0 Å². The van der Waals surface area contributed by atoms with Crippen molar-refractivity contribution in [3.63, 3.8) is 0 Å². The van der Waals surface area contributed by atoms with Crippen molar-refractivity contribution in [1.82, 2.24) is 24.6 Å². The number of anilines is 1. The zero-order chi connectivity index (χ0) is 25.0. The number of benzene rings is 1. The van der Waals surface area contributed by atoms with Crippen LogP contribution in [0.1, 0.15) is 26.3 Å². The second kappa shape index (κ2) is 10.6. The van der Waals surface area contributed by atoms with Gasteiger partial charge in [0.15, 0.2) is 11.5 Å². The summed E-state index contributed by atoms with van der Waals surface area (Å²) in [5.41, 5.74) is 7.09. The maximum atomic E-state index is 13.8. The highest BCUT2D eigenvalue weighted by atomic mass is 31.2. The number of hydrogen-bond acceptors (Lipinski definition) is 9. The molecule has 186 valence electrons. The molecular weight excluding hydrogens is 471 g/mol. The Morgan fingerprint density at radius 3 is 2.71 bits per heavy atom. The number of aromatic nitrogens is 4. The van der Waals surface area contributed by atoms with E-state index in [9.17, 15) is 9.36 Å². The molecule has 1 unspecified atom stereocenters. The van der Waals surface area contributed by atoms with Gasteiger partial charge in [-0.05, 0) is 24.5 Å². The Balaban J connectivity index is 1.47. The zero-order valence-electron chi connectivity index (χ0n) is 19.8. The number of para-hydroxylation sites is 1. The SMILES string of the molecule is COC(=O)[C@@H](NP(=O)(OC[C@H]1C=C[C@@H](n2cnc3c(N)ncnc32)C1)Oc1ccccc1)C(C)C. The molecule has 3 N–H and O–H groups in total. The number of esters is 1. The molecule has 4 rings (SSSR count). The molecule has 11 nitrogen and oxygen atoms in total. The van der Waals surface area contributed by atoms with Crippen LogP contribution in [-0.4, -0.2) is 45.2 Å². The lowest BCUT2D eigenvalue weighted by Crippen LogP contribution is -2.41. The van der Waals surface area contributed by atoms with Crippen molar-refractivity contribution < 1.29 is 23.1 Å². The van der Waals surface area contributed by atoms with Crippen molar-refractivity contribution in [3.05, 3.63) is 55.1 Å². The second-order valence-electron chi connectivity index (χ2n) is 8.60. The molecule has 12 heteroatoms. The quantitative estimate of drug-likeness (QED) is 0.241. The number of nitrogens with zero attached hydrogens (tertiary/aromatic N) is 4. The van der Waals surface area contributed by atoms with Gasteiger partial charge in [0.25, 0.3) is 0 Å². The van der Waals surface area contributed by atoms with Crippen LogP contribution in [-0.2, 0) is 18.6 Å². The fraction of sp³-hybridized carbons (Fsp3) is 0.391. The van der Waals surface area contributed by atoms with E-state index in [1.165, 1.54) is 13.4 Å². The molecule has 0 bridgehead atoms. The maximum absolute atomic E-state index is 13.8. The lowest BCUT2D eigenvalue weighted by molar-refractivity contribution is -0.143. The van der Waals surface area contributed by atoms with E-state index in [-0.39, 0.29) is 24.5 Å². The van der Waals surface area contributed by atoms with Crippen molar-refractivity contribution in [2.75, 3.05) is 19.5 Å². The molecule has 0 radical (unpaired) electrons. The number of methoxy groups -OCH3 is 1. The maximum Gasteiger partial charge on any atom is 0.459 e. The first-order chi connectivity index (χ1) is 16.8. The van der Waals surface area contributed by atoms with Crippen LogP contribution in [0.2, 0.25) is 0 Å². The third-order valence-electron chi connectivity index (χ3n) is 5.74. The number of hydrogen-bond donors (Lipinski definition) is 2. The highest BCUT2D eigenvalue weighted by Crippen LogP contribution is 2.46. The van der Waals surface area contributed by atoms with Crippen LogP contribution < -0.4 is 15.3 Å². The molecule has 2 aromatic heterocycles. The summed E-state index contributed by atoms with van der Waals surface area (Å²) in [6.07, 6.45) is 7.78. The lowest BCUT2D eigenvalue weighted by atomic mass is 10.1. The Labute approximate surface area is 203 Å². The molecule has 0 spiro atoms. The monoisotopic (exact) mass is 500 g/mol. The van der Waals surface area contributed by atoms with Crippen LogP contribution in [0.3, 0.4) is 0 Å². The molecule has 0 saturated carbocycles. The van der Waals surface area contributed by atoms with Crippen LogP contribution >= 0.6 is 7.75 Å². The summed E-state index contributed by atoms with van der Waals surface area (Å²) in [4.78, 5) is 24.9. The molecule has 0 fully saturated rings. The third kappa shape index (κ3) is 5.70. The van der Waals surface area contributed by atoms with E-state index in [0.29, 0.717) is 29.2 Å². The lowest BCUT2D eigenvalue weighted by Gasteiger charge is -2.27. The average Bonchev–Trinajstić information content (AvgIpc) is 3.49. The van der Waals surface area contributed by atoms with Crippen molar-refractivity contribution >= 4 is 30.7 Å². The fourth-order valence-corrected chi connectivity index (χ4v) is 5.58. The summed E-state index contributed by atoms with van der Waals surface area (Å²) in [5.74, 6) is -0.126. The molecule has 3 aromatic rings. The minimum atomic E-state index is -3.94. The smallest absolute Gasteiger partial charge is 0.459 e. The Morgan fingerprint density at radius 1 is 1.23 bits per heavy atom. The van der Waals surface area contributed by atoms with Gasteiger partial charge in [-0.2, -0.15) is 5.09 Å². The van der Waals surface area contributed by atoms with Crippen LogP contribution in [0.25, 0.3) is 11.2 Å². The van der Waals surface area contributed by atoms with Gasteiger partial charge in [0.05, 0.1) is 26.1 Å². The molecule has 1 aliphatic carbocycles. The Kier molecular flexibility index (Phi) is 7.49. The van der Waals surface area contributed by atoms with Gasteiger partial charge in [-0.1, -0.05) is 44.2 Å².